The number of carbonyl (C=O) groups excluding carboxylic acids is 2. The Morgan fingerprint density at radius 1 is 1.27 bits per heavy atom. The zero-order chi connectivity index (χ0) is 22.1. The lowest BCUT2D eigenvalue weighted by molar-refractivity contribution is -0.134. The summed E-state index contributed by atoms with van der Waals surface area (Å²) in [6.07, 6.45) is 3.67. The molecule has 160 valence electrons. The standard InChI is InChI=1S/C23H29N3O4/c1-23(2,24)20(21(28)25-30)26(22(29)19-9-4-3-5-10-19)15-7-6-8-17-11-13-18(16-27)14-12-17/h3-5,9-10,17-18,20,27,30H,11-14,16,24H2,1-2H3,(H,25,28)/t17?,18?,20-/m1/s1/i1+2/t17?,18?,20-,23+. The molecule has 1 aliphatic rings. The van der Waals surface area contributed by atoms with Crippen molar-refractivity contribution in [1.29, 1.82) is 0 Å². The number of nitrogens with zero attached hydrogens (tertiary/aromatic N) is 1. The summed E-state index contributed by atoms with van der Waals surface area (Å²) in [5, 5.41) is 18.4. The monoisotopic (exact) mass is 413 g/mol. The van der Waals surface area contributed by atoms with Gasteiger partial charge in [-0.1, -0.05) is 24.1 Å². The Bertz CT molecular complexity index is 848. The number of aliphatic hydroxyl groups excluding tert-OH is 1. The Labute approximate surface area is 177 Å². The van der Waals surface area contributed by atoms with E-state index in [4.69, 9.17) is 10.9 Å². The first-order valence-corrected chi connectivity index (χ1v) is 10.0. The van der Waals surface area contributed by atoms with Crippen LogP contribution in [0.2, 0.25) is 0 Å². The summed E-state index contributed by atoms with van der Waals surface area (Å²) in [6, 6.07) is 9.84. The van der Waals surface area contributed by atoms with Crippen molar-refractivity contribution in [3.63, 3.8) is 0 Å². The zero-order valence-corrected chi connectivity index (χ0v) is 17.4. The van der Waals surface area contributed by atoms with Crippen molar-refractivity contribution in [2.75, 3.05) is 6.61 Å². The maximum atomic E-state index is 13.1. The Balaban J connectivity index is 2.29. The maximum absolute atomic E-state index is 13.1. The summed E-state index contributed by atoms with van der Waals surface area (Å²) in [5.74, 6) is 7.74. The minimum atomic E-state index is -1.23. The highest BCUT2D eigenvalue weighted by atomic mass is 16.5. The first-order chi connectivity index (χ1) is 14.3. The van der Waals surface area contributed by atoms with Crippen molar-refractivity contribution in [3.05, 3.63) is 35.9 Å². The Morgan fingerprint density at radius 3 is 2.43 bits per heavy atom. The molecule has 2 rings (SSSR count). The van der Waals surface area contributed by atoms with Gasteiger partial charge in [0.05, 0.1) is 0 Å². The van der Waals surface area contributed by atoms with Crippen LogP contribution >= 0.6 is 0 Å². The molecule has 7 nitrogen and oxygen atoms in total. The van der Waals surface area contributed by atoms with Crippen LogP contribution < -0.4 is 11.2 Å². The van der Waals surface area contributed by atoms with Gasteiger partial charge < -0.3 is 10.8 Å². The predicted molar refractivity (Wildman–Crippen MR) is 113 cm³/mol. The molecule has 30 heavy (non-hydrogen) atoms. The first-order valence-electron chi connectivity index (χ1n) is 10.0. The normalized spacial score (nSPS) is 21.0. The fourth-order valence-electron chi connectivity index (χ4n) is 3.52. The lowest BCUT2D eigenvalue weighted by Crippen LogP contribution is -2.61. The highest BCUT2D eigenvalue weighted by molar-refractivity contribution is 5.99. The number of amides is 2. The number of rotatable bonds is 5. The minimum absolute atomic E-state index is 0.197. The summed E-state index contributed by atoms with van der Waals surface area (Å²) in [6.45, 7) is 3.36. The fourth-order valence-corrected chi connectivity index (χ4v) is 3.52. The van der Waals surface area contributed by atoms with Crippen LogP contribution in [0.1, 0.15) is 49.9 Å². The lowest BCUT2D eigenvalue weighted by Gasteiger charge is -2.34. The molecule has 0 aromatic heterocycles. The largest absolute Gasteiger partial charge is 0.396 e. The van der Waals surface area contributed by atoms with Gasteiger partial charge in [-0.25, -0.2) is 5.48 Å². The number of hydrogen-bond donors (Lipinski definition) is 4. The summed E-state index contributed by atoms with van der Waals surface area (Å²) in [5.41, 5.74) is 6.86. The second-order valence-electron chi connectivity index (χ2n) is 8.15. The quantitative estimate of drug-likeness (QED) is 0.253. The summed E-state index contributed by atoms with van der Waals surface area (Å²) in [7, 11) is 0. The van der Waals surface area contributed by atoms with E-state index in [-0.39, 0.29) is 12.5 Å². The van der Waals surface area contributed by atoms with E-state index in [1.165, 1.54) is 0 Å². The van der Waals surface area contributed by atoms with Gasteiger partial charge in [0, 0.05) is 35.6 Å². The number of hydrogen-bond acceptors (Lipinski definition) is 5. The van der Waals surface area contributed by atoms with Gasteiger partial charge in [0.25, 0.3) is 11.8 Å². The van der Waals surface area contributed by atoms with Crippen LogP contribution in [0.3, 0.4) is 0 Å². The average molecular weight is 413 g/mol. The third-order valence-electron chi connectivity index (χ3n) is 5.18. The van der Waals surface area contributed by atoms with Crippen molar-refractivity contribution in [2.24, 2.45) is 17.6 Å². The molecular weight excluding hydrogens is 384 g/mol. The molecule has 1 aliphatic carbocycles. The molecule has 0 saturated heterocycles. The van der Waals surface area contributed by atoms with Crippen LogP contribution in [0, 0.1) is 35.6 Å². The van der Waals surface area contributed by atoms with E-state index in [9.17, 15) is 14.7 Å². The summed E-state index contributed by atoms with van der Waals surface area (Å²) in [4.78, 5) is 26.4. The number of aliphatic hydroxyl groups is 1. The van der Waals surface area contributed by atoms with Crippen molar-refractivity contribution in [3.8, 4) is 23.8 Å². The van der Waals surface area contributed by atoms with Gasteiger partial charge in [0.15, 0.2) is 0 Å². The van der Waals surface area contributed by atoms with E-state index in [0.29, 0.717) is 11.5 Å². The van der Waals surface area contributed by atoms with Crippen LogP contribution in [0.25, 0.3) is 0 Å². The SMILES string of the molecule is C[C@]([14CH3])(N)[C@@H](C(=O)NO)N(C#CC#CC1CCC(CO)CC1)C(=O)c1ccccc1. The first kappa shape index (κ1) is 23.4. The van der Waals surface area contributed by atoms with Crippen LogP contribution in [0.4, 0.5) is 0 Å². The molecule has 5 N–H and O–H groups in total. The molecule has 1 aromatic carbocycles. The Kier molecular flexibility index (Phi) is 8.44. The van der Waals surface area contributed by atoms with Crippen LogP contribution in [0.5, 0.6) is 0 Å². The highest BCUT2D eigenvalue weighted by Gasteiger charge is 2.39. The molecule has 1 saturated carbocycles. The van der Waals surface area contributed by atoms with Crippen molar-refractivity contribution in [2.45, 2.75) is 51.1 Å². The Morgan fingerprint density at radius 2 is 1.90 bits per heavy atom. The minimum Gasteiger partial charge on any atom is -0.396 e. The van der Waals surface area contributed by atoms with Gasteiger partial charge in [-0.2, -0.15) is 0 Å². The van der Waals surface area contributed by atoms with Gasteiger partial charge in [-0.05, 0) is 63.5 Å². The second-order valence-corrected chi connectivity index (χ2v) is 8.15. The molecule has 0 unspecified atom stereocenters. The number of nitrogens with two attached hydrogens (primary N) is 1. The highest BCUT2D eigenvalue weighted by Crippen LogP contribution is 2.27. The number of carbonyl (C=O) groups is 2. The summed E-state index contributed by atoms with van der Waals surface area (Å²) >= 11 is 0. The molecular formula is C23H29N3O4. The molecule has 2 atom stereocenters. The van der Waals surface area contributed by atoms with E-state index in [1.54, 1.807) is 49.7 Å². The van der Waals surface area contributed by atoms with Crippen molar-refractivity contribution < 1.29 is 19.9 Å². The average Bonchev–Trinajstić information content (AvgIpc) is 2.75. The number of hydroxylamine groups is 1. The van der Waals surface area contributed by atoms with Gasteiger partial charge in [0.1, 0.15) is 6.04 Å². The lowest BCUT2D eigenvalue weighted by atomic mass is 9.83. The molecule has 0 bridgehead atoms. The van der Waals surface area contributed by atoms with Gasteiger partial charge in [-0.15, -0.1) is 0 Å². The topological polar surface area (TPSA) is 116 Å². The summed E-state index contributed by atoms with van der Waals surface area (Å²) < 4.78 is 0. The van der Waals surface area contributed by atoms with E-state index in [0.717, 1.165) is 30.6 Å². The molecule has 0 heterocycles. The fraction of sp³-hybridized carbons (Fsp3) is 0.478. The van der Waals surface area contributed by atoms with Gasteiger partial charge in [0.2, 0.25) is 0 Å². The van der Waals surface area contributed by atoms with Crippen LogP contribution in [-0.4, -0.2) is 45.2 Å². The van der Waals surface area contributed by atoms with E-state index < -0.39 is 23.4 Å². The van der Waals surface area contributed by atoms with Gasteiger partial charge >= 0.3 is 0 Å². The molecule has 1 aromatic rings. The van der Waals surface area contributed by atoms with E-state index in [1.807, 2.05) is 0 Å². The molecule has 0 radical (unpaired) electrons. The molecule has 0 aliphatic heterocycles. The van der Waals surface area contributed by atoms with Crippen LogP contribution in [0.15, 0.2) is 30.3 Å². The zero-order valence-electron chi connectivity index (χ0n) is 17.4. The van der Waals surface area contributed by atoms with Crippen molar-refractivity contribution in [1.82, 2.24) is 10.4 Å². The second kappa shape index (κ2) is 10.8. The van der Waals surface area contributed by atoms with Crippen molar-refractivity contribution >= 4 is 11.8 Å². The van der Waals surface area contributed by atoms with Crippen LogP contribution in [-0.2, 0) is 4.79 Å². The van der Waals surface area contributed by atoms with Gasteiger partial charge in [-0.3, -0.25) is 19.7 Å². The molecule has 1 fully saturated rings. The molecule has 0 spiro atoms. The molecule has 2 amide bonds. The third kappa shape index (κ3) is 6.33. The van der Waals surface area contributed by atoms with E-state index in [2.05, 4.69) is 23.8 Å². The maximum Gasteiger partial charge on any atom is 0.269 e. The van der Waals surface area contributed by atoms with E-state index >= 15 is 0 Å². The predicted octanol–water partition coefficient (Wildman–Crippen LogP) is 1.50. The number of nitrogens with one attached hydrogen (secondary N) is 1. The third-order valence-corrected chi connectivity index (χ3v) is 5.18. The number of benzene rings is 1. The molecule has 7 heteroatoms. The Hall–Kier alpha value is -2.84. The smallest absolute Gasteiger partial charge is 0.269 e.